The first kappa shape index (κ1) is 17.7. The third kappa shape index (κ3) is 3.20. The number of rotatable bonds is 3. The standard InChI is InChI=1S/C20H29N3O3/c1-2-13-7-9-22(10-8-13)15-3-4-16-14(11-15)12-23(20(16)26)17-5-6-18(24)21-19(17)25/h4,13-15,17H,2-3,5-12H2,1H3,(H,21,24,25). The van der Waals surface area contributed by atoms with Gasteiger partial charge in [0, 0.05) is 30.5 Å². The zero-order valence-electron chi connectivity index (χ0n) is 15.6. The summed E-state index contributed by atoms with van der Waals surface area (Å²) in [5, 5.41) is 2.38. The molecule has 1 N–H and O–H groups in total. The Bertz CT molecular complexity index is 636. The number of carbonyl (C=O) groups excluding carboxylic acids is 3. The van der Waals surface area contributed by atoms with Crippen LogP contribution in [0.5, 0.6) is 0 Å². The van der Waals surface area contributed by atoms with Crippen molar-refractivity contribution in [3.8, 4) is 0 Å². The van der Waals surface area contributed by atoms with E-state index in [2.05, 4.69) is 23.2 Å². The van der Waals surface area contributed by atoms with Crippen molar-refractivity contribution in [1.29, 1.82) is 0 Å². The second kappa shape index (κ2) is 7.14. The summed E-state index contributed by atoms with van der Waals surface area (Å²) in [6.45, 7) is 5.25. The molecule has 0 aromatic rings. The number of hydrogen-bond donors (Lipinski definition) is 1. The predicted octanol–water partition coefficient (Wildman–Crippen LogP) is 1.46. The van der Waals surface area contributed by atoms with Crippen LogP contribution in [0.25, 0.3) is 0 Å². The minimum absolute atomic E-state index is 0.00707. The molecule has 4 rings (SSSR count). The molecule has 1 aliphatic carbocycles. The van der Waals surface area contributed by atoms with Crippen LogP contribution in [0.15, 0.2) is 11.6 Å². The van der Waals surface area contributed by atoms with Gasteiger partial charge in [0.2, 0.25) is 11.8 Å². The normalized spacial score (nSPS) is 33.9. The molecule has 26 heavy (non-hydrogen) atoms. The van der Waals surface area contributed by atoms with E-state index < -0.39 is 6.04 Å². The highest BCUT2D eigenvalue weighted by atomic mass is 16.2. The molecule has 142 valence electrons. The fourth-order valence-electron chi connectivity index (χ4n) is 5.18. The van der Waals surface area contributed by atoms with Gasteiger partial charge in [-0.25, -0.2) is 0 Å². The highest BCUT2D eigenvalue weighted by Crippen LogP contribution is 2.37. The maximum Gasteiger partial charge on any atom is 0.250 e. The zero-order chi connectivity index (χ0) is 18.3. The van der Waals surface area contributed by atoms with E-state index in [4.69, 9.17) is 0 Å². The van der Waals surface area contributed by atoms with Gasteiger partial charge in [-0.15, -0.1) is 0 Å². The molecular weight excluding hydrogens is 330 g/mol. The van der Waals surface area contributed by atoms with Gasteiger partial charge in [0.05, 0.1) is 0 Å². The van der Waals surface area contributed by atoms with E-state index in [1.807, 2.05) is 0 Å². The monoisotopic (exact) mass is 359 g/mol. The number of hydrogen-bond acceptors (Lipinski definition) is 4. The van der Waals surface area contributed by atoms with Gasteiger partial charge >= 0.3 is 0 Å². The Balaban J connectivity index is 1.40. The molecule has 3 amide bonds. The topological polar surface area (TPSA) is 69.7 Å². The second-order valence-corrected chi connectivity index (χ2v) is 8.29. The summed E-state index contributed by atoms with van der Waals surface area (Å²) < 4.78 is 0. The number of fused-ring (bicyclic) bond motifs is 1. The molecule has 0 saturated carbocycles. The number of carbonyl (C=O) groups is 3. The van der Waals surface area contributed by atoms with E-state index in [1.54, 1.807) is 4.90 Å². The Morgan fingerprint density at radius 3 is 2.62 bits per heavy atom. The Morgan fingerprint density at radius 1 is 1.15 bits per heavy atom. The lowest BCUT2D eigenvalue weighted by atomic mass is 9.84. The highest BCUT2D eigenvalue weighted by Gasteiger charge is 2.45. The van der Waals surface area contributed by atoms with Crippen LogP contribution >= 0.6 is 0 Å². The maximum atomic E-state index is 12.8. The van der Waals surface area contributed by atoms with Gasteiger partial charge in [-0.3, -0.25) is 19.7 Å². The molecule has 0 aromatic heterocycles. The van der Waals surface area contributed by atoms with Crippen molar-refractivity contribution in [2.24, 2.45) is 11.8 Å². The van der Waals surface area contributed by atoms with Crippen LogP contribution in [0.4, 0.5) is 0 Å². The molecule has 0 radical (unpaired) electrons. The molecule has 4 aliphatic rings. The van der Waals surface area contributed by atoms with Crippen LogP contribution < -0.4 is 5.32 Å². The van der Waals surface area contributed by atoms with E-state index in [0.29, 0.717) is 25.4 Å². The first-order chi connectivity index (χ1) is 12.6. The molecule has 6 heteroatoms. The summed E-state index contributed by atoms with van der Waals surface area (Å²) in [5.41, 5.74) is 0.898. The number of amides is 3. The van der Waals surface area contributed by atoms with Gasteiger partial charge in [-0.2, -0.15) is 0 Å². The zero-order valence-corrected chi connectivity index (χ0v) is 15.6. The lowest BCUT2D eigenvalue weighted by Crippen LogP contribution is -2.53. The van der Waals surface area contributed by atoms with Crippen LogP contribution in [0.1, 0.15) is 51.9 Å². The SMILES string of the molecule is CCC1CCN(C2CC=C3C(=O)N(C4CCC(=O)NC4=O)CC3C2)CC1. The Kier molecular flexibility index (Phi) is 4.86. The van der Waals surface area contributed by atoms with E-state index in [0.717, 1.165) is 24.3 Å². The van der Waals surface area contributed by atoms with Crippen molar-refractivity contribution in [2.75, 3.05) is 19.6 Å². The minimum atomic E-state index is -0.481. The molecule has 3 heterocycles. The van der Waals surface area contributed by atoms with Crippen molar-refractivity contribution < 1.29 is 14.4 Å². The van der Waals surface area contributed by atoms with E-state index in [-0.39, 0.29) is 23.6 Å². The molecule has 3 atom stereocenters. The lowest BCUT2D eigenvalue weighted by molar-refractivity contribution is -0.142. The molecule has 3 unspecified atom stereocenters. The summed E-state index contributed by atoms with van der Waals surface area (Å²) in [7, 11) is 0. The van der Waals surface area contributed by atoms with E-state index >= 15 is 0 Å². The number of nitrogens with zero attached hydrogens (tertiary/aromatic N) is 2. The molecule has 0 spiro atoms. The van der Waals surface area contributed by atoms with Gasteiger partial charge in [-0.1, -0.05) is 19.4 Å². The fraction of sp³-hybridized carbons (Fsp3) is 0.750. The van der Waals surface area contributed by atoms with Gasteiger partial charge in [0.25, 0.3) is 5.91 Å². The summed E-state index contributed by atoms with van der Waals surface area (Å²) in [4.78, 5) is 40.7. The summed E-state index contributed by atoms with van der Waals surface area (Å²) in [6.07, 6.45) is 8.70. The molecule has 3 fully saturated rings. The summed E-state index contributed by atoms with van der Waals surface area (Å²) in [6, 6.07) is 0.0431. The minimum Gasteiger partial charge on any atom is -0.326 e. The van der Waals surface area contributed by atoms with Crippen LogP contribution in [0.2, 0.25) is 0 Å². The average Bonchev–Trinajstić information content (AvgIpc) is 2.98. The van der Waals surface area contributed by atoms with Crippen molar-refractivity contribution >= 4 is 17.7 Å². The van der Waals surface area contributed by atoms with Gasteiger partial charge in [0.15, 0.2) is 0 Å². The Morgan fingerprint density at radius 2 is 1.92 bits per heavy atom. The second-order valence-electron chi connectivity index (χ2n) is 8.29. The Hall–Kier alpha value is -1.69. The smallest absolute Gasteiger partial charge is 0.250 e. The number of nitrogens with one attached hydrogen (secondary N) is 1. The fourth-order valence-corrected chi connectivity index (χ4v) is 5.18. The molecule has 0 bridgehead atoms. The average molecular weight is 359 g/mol. The van der Waals surface area contributed by atoms with Crippen LogP contribution in [0, 0.1) is 11.8 Å². The van der Waals surface area contributed by atoms with Crippen molar-refractivity contribution in [2.45, 2.75) is 64.0 Å². The summed E-state index contributed by atoms with van der Waals surface area (Å²) >= 11 is 0. The molecule has 3 aliphatic heterocycles. The molecule has 6 nitrogen and oxygen atoms in total. The van der Waals surface area contributed by atoms with Crippen LogP contribution in [-0.4, -0.2) is 59.2 Å². The first-order valence-electron chi connectivity index (χ1n) is 10.2. The van der Waals surface area contributed by atoms with Crippen LogP contribution in [0.3, 0.4) is 0 Å². The van der Waals surface area contributed by atoms with E-state index in [1.165, 1.54) is 32.4 Å². The predicted molar refractivity (Wildman–Crippen MR) is 97.1 cm³/mol. The van der Waals surface area contributed by atoms with Gasteiger partial charge < -0.3 is 9.80 Å². The van der Waals surface area contributed by atoms with Crippen molar-refractivity contribution in [1.82, 2.24) is 15.1 Å². The number of piperidine rings is 2. The van der Waals surface area contributed by atoms with Gasteiger partial charge in [-0.05, 0) is 51.1 Å². The van der Waals surface area contributed by atoms with Gasteiger partial charge in [0.1, 0.15) is 6.04 Å². The van der Waals surface area contributed by atoms with E-state index in [9.17, 15) is 14.4 Å². The van der Waals surface area contributed by atoms with Crippen LogP contribution in [-0.2, 0) is 14.4 Å². The van der Waals surface area contributed by atoms with Crippen molar-refractivity contribution in [3.05, 3.63) is 11.6 Å². The third-order valence-corrected chi connectivity index (χ3v) is 6.86. The molecular formula is C20H29N3O3. The first-order valence-corrected chi connectivity index (χ1v) is 10.2. The quantitative estimate of drug-likeness (QED) is 0.775. The highest BCUT2D eigenvalue weighted by molar-refractivity contribution is 6.04. The largest absolute Gasteiger partial charge is 0.326 e. The van der Waals surface area contributed by atoms with Crippen molar-refractivity contribution in [3.63, 3.8) is 0 Å². The lowest BCUT2D eigenvalue weighted by Gasteiger charge is -2.39. The molecule has 3 saturated heterocycles. The maximum absolute atomic E-state index is 12.8. The number of imide groups is 1. The summed E-state index contributed by atoms with van der Waals surface area (Å²) in [5.74, 6) is 0.567. The number of likely N-dealkylation sites (tertiary alicyclic amines) is 2. The Labute approximate surface area is 155 Å². The third-order valence-electron chi connectivity index (χ3n) is 6.86. The molecule has 0 aromatic carbocycles.